The van der Waals surface area contributed by atoms with E-state index in [0.717, 1.165) is 6.42 Å². The summed E-state index contributed by atoms with van der Waals surface area (Å²) in [5, 5.41) is 0. The van der Waals surface area contributed by atoms with Gasteiger partial charge in [0.15, 0.2) is 0 Å². The monoisotopic (exact) mass is 208 g/mol. The lowest BCUT2D eigenvalue weighted by atomic mass is 10.1. The fourth-order valence-electron chi connectivity index (χ4n) is 0.883. The summed E-state index contributed by atoms with van der Waals surface area (Å²) in [4.78, 5) is 0.300. The van der Waals surface area contributed by atoms with E-state index in [2.05, 4.69) is 34.0 Å². The Bertz CT molecular complexity index is 245. The highest BCUT2D eigenvalue weighted by atomic mass is 79.9. The standard InChI is InChI=1S/C10H9Br/c1-2-6-10(11)9-7-4-3-5-8-9/h1,3-5,7-8,10H,6H2. The van der Waals surface area contributed by atoms with Gasteiger partial charge in [0.25, 0.3) is 0 Å². The lowest BCUT2D eigenvalue weighted by Crippen LogP contribution is -1.86. The van der Waals surface area contributed by atoms with Crippen LogP contribution in [0.4, 0.5) is 0 Å². The lowest BCUT2D eigenvalue weighted by molar-refractivity contribution is 1.02. The molecule has 0 amide bonds. The van der Waals surface area contributed by atoms with E-state index in [1.807, 2.05) is 18.2 Å². The fraction of sp³-hybridized carbons (Fsp3) is 0.200. The number of alkyl halides is 1. The van der Waals surface area contributed by atoms with Crippen molar-refractivity contribution >= 4 is 15.9 Å². The molecule has 0 radical (unpaired) electrons. The first-order chi connectivity index (χ1) is 5.34. The molecule has 1 unspecified atom stereocenters. The third-order valence-corrected chi connectivity index (χ3v) is 2.31. The normalized spacial score (nSPS) is 12.0. The molecule has 11 heavy (non-hydrogen) atoms. The summed E-state index contributed by atoms with van der Waals surface area (Å²) < 4.78 is 0. The van der Waals surface area contributed by atoms with E-state index >= 15 is 0 Å². The predicted octanol–water partition coefficient (Wildman–Crippen LogP) is 3.15. The van der Waals surface area contributed by atoms with Gasteiger partial charge in [-0.1, -0.05) is 46.3 Å². The lowest BCUT2D eigenvalue weighted by Gasteiger charge is -2.04. The van der Waals surface area contributed by atoms with Gasteiger partial charge in [-0.3, -0.25) is 0 Å². The van der Waals surface area contributed by atoms with Crippen LogP contribution in [-0.2, 0) is 0 Å². The summed E-state index contributed by atoms with van der Waals surface area (Å²) in [5.74, 6) is 2.62. The Balaban J connectivity index is 2.70. The maximum atomic E-state index is 5.19. The summed E-state index contributed by atoms with van der Waals surface area (Å²) in [6.45, 7) is 0. The first-order valence-corrected chi connectivity index (χ1v) is 4.38. The van der Waals surface area contributed by atoms with Crippen molar-refractivity contribution in [1.29, 1.82) is 0 Å². The Labute approximate surface area is 75.8 Å². The van der Waals surface area contributed by atoms with E-state index in [0.29, 0.717) is 4.83 Å². The zero-order chi connectivity index (χ0) is 8.10. The molecular weight excluding hydrogens is 200 g/mol. The minimum absolute atomic E-state index is 0.300. The second kappa shape index (κ2) is 4.20. The second-order valence-electron chi connectivity index (χ2n) is 2.29. The van der Waals surface area contributed by atoms with Crippen molar-refractivity contribution in [3.63, 3.8) is 0 Å². The molecule has 0 aliphatic carbocycles. The summed E-state index contributed by atoms with van der Waals surface area (Å²) in [7, 11) is 0. The molecule has 0 bridgehead atoms. The smallest absolute Gasteiger partial charge is 0.0504 e. The van der Waals surface area contributed by atoms with Crippen LogP contribution in [0.15, 0.2) is 30.3 Å². The highest BCUT2D eigenvalue weighted by Crippen LogP contribution is 2.24. The van der Waals surface area contributed by atoms with Crippen LogP contribution in [0.5, 0.6) is 0 Å². The van der Waals surface area contributed by atoms with Crippen LogP contribution >= 0.6 is 15.9 Å². The largest absolute Gasteiger partial charge is 0.120 e. The quantitative estimate of drug-likeness (QED) is 0.518. The molecule has 0 fully saturated rings. The van der Waals surface area contributed by atoms with Crippen LogP contribution in [0.25, 0.3) is 0 Å². The van der Waals surface area contributed by atoms with Crippen LogP contribution in [0.2, 0.25) is 0 Å². The van der Waals surface area contributed by atoms with Crippen molar-refractivity contribution in [1.82, 2.24) is 0 Å². The van der Waals surface area contributed by atoms with Crippen molar-refractivity contribution in [2.75, 3.05) is 0 Å². The molecule has 0 saturated carbocycles. The topological polar surface area (TPSA) is 0 Å². The van der Waals surface area contributed by atoms with E-state index in [1.54, 1.807) is 0 Å². The van der Waals surface area contributed by atoms with Crippen molar-refractivity contribution in [2.45, 2.75) is 11.2 Å². The molecule has 1 rings (SSSR count). The van der Waals surface area contributed by atoms with E-state index in [-0.39, 0.29) is 0 Å². The fourth-order valence-corrected chi connectivity index (χ4v) is 1.38. The Kier molecular flexibility index (Phi) is 3.19. The van der Waals surface area contributed by atoms with Crippen LogP contribution in [0.1, 0.15) is 16.8 Å². The molecule has 0 aliphatic rings. The number of rotatable bonds is 2. The molecule has 0 nitrogen and oxygen atoms in total. The molecule has 56 valence electrons. The van der Waals surface area contributed by atoms with Crippen molar-refractivity contribution in [2.24, 2.45) is 0 Å². The van der Waals surface area contributed by atoms with Crippen LogP contribution < -0.4 is 0 Å². The third kappa shape index (κ3) is 2.40. The second-order valence-corrected chi connectivity index (χ2v) is 3.39. The average Bonchev–Trinajstić information content (AvgIpc) is 2.07. The Hall–Kier alpha value is -0.740. The van der Waals surface area contributed by atoms with Gasteiger partial charge in [0.05, 0.1) is 4.83 Å². The van der Waals surface area contributed by atoms with Crippen molar-refractivity contribution in [3.05, 3.63) is 35.9 Å². The van der Waals surface area contributed by atoms with Gasteiger partial charge >= 0.3 is 0 Å². The molecule has 0 saturated heterocycles. The predicted molar refractivity (Wildman–Crippen MR) is 51.6 cm³/mol. The third-order valence-electron chi connectivity index (χ3n) is 1.46. The number of halogens is 1. The summed E-state index contributed by atoms with van der Waals surface area (Å²) in [6.07, 6.45) is 5.93. The van der Waals surface area contributed by atoms with Gasteiger partial charge in [0, 0.05) is 6.42 Å². The molecule has 1 aromatic rings. The van der Waals surface area contributed by atoms with Crippen LogP contribution in [0.3, 0.4) is 0 Å². The maximum Gasteiger partial charge on any atom is 0.0504 e. The van der Waals surface area contributed by atoms with Crippen molar-refractivity contribution in [3.8, 4) is 12.3 Å². The van der Waals surface area contributed by atoms with Gasteiger partial charge in [0.1, 0.15) is 0 Å². The molecule has 1 heteroatoms. The molecule has 0 aromatic heterocycles. The SMILES string of the molecule is C#CCC(Br)c1ccccc1. The Morgan fingerprint density at radius 3 is 2.55 bits per heavy atom. The van der Waals surface area contributed by atoms with Gasteiger partial charge in [0.2, 0.25) is 0 Å². The highest BCUT2D eigenvalue weighted by molar-refractivity contribution is 9.09. The van der Waals surface area contributed by atoms with Gasteiger partial charge in [-0.2, -0.15) is 0 Å². The highest BCUT2D eigenvalue weighted by Gasteiger charge is 2.02. The molecule has 0 N–H and O–H groups in total. The van der Waals surface area contributed by atoms with E-state index in [1.165, 1.54) is 5.56 Å². The van der Waals surface area contributed by atoms with Gasteiger partial charge in [-0.05, 0) is 5.56 Å². The summed E-state index contributed by atoms with van der Waals surface area (Å²) in [5.41, 5.74) is 1.24. The Morgan fingerprint density at radius 1 is 1.36 bits per heavy atom. The summed E-state index contributed by atoms with van der Waals surface area (Å²) >= 11 is 3.50. The van der Waals surface area contributed by atoms with E-state index in [9.17, 15) is 0 Å². The molecular formula is C10H9Br. The number of benzene rings is 1. The molecule has 0 aliphatic heterocycles. The number of hydrogen-bond acceptors (Lipinski definition) is 0. The first-order valence-electron chi connectivity index (χ1n) is 3.47. The van der Waals surface area contributed by atoms with Crippen molar-refractivity contribution < 1.29 is 0 Å². The van der Waals surface area contributed by atoms with Gasteiger partial charge < -0.3 is 0 Å². The zero-order valence-corrected chi connectivity index (χ0v) is 7.71. The van der Waals surface area contributed by atoms with E-state index in [4.69, 9.17) is 6.42 Å². The molecule has 0 heterocycles. The number of terminal acetylenes is 1. The number of hydrogen-bond donors (Lipinski definition) is 0. The van der Waals surface area contributed by atoms with Crippen LogP contribution in [-0.4, -0.2) is 0 Å². The van der Waals surface area contributed by atoms with Gasteiger partial charge in [-0.15, -0.1) is 12.3 Å². The van der Waals surface area contributed by atoms with Crippen LogP contribution in [0, 0.1) is 12.3 Å². The van der Waals surface area contributed by atoms with E-state index < -0.39 is 0 Å². The average molecular weight is 209 g/mol. The maximum absolute atomic E-state index is 5.19. The summed E-state index contributed by atoms with van der Waals surface area (Å²) in [6, 6.07) is 10.2. The minimum atomic E-state index is 0.300. The van der Waals surface area contributed by atoms with Gasteiger partial charge in [-0.25, -0.2) is 0 Å². The minimum Gasteiger partial charge on any atom is -0.120 e. The first kappa shape index (κ1) is 8.36. The zero-order valence-electron chi connectivity index (χ0n) is 6.13. The molecule has 0 spiro atoms. The Morgan fingerprint density at radius 2 is 2.00 bits per heavy atom. The molecule has 1 aromatic carbocycles. The molecule has 1 atom stereocenters.